The molecule has 0 saturated carbocycles. The number of nitrogens with zero attached hydrogens (tertiary/aromatic N) is 2. The van der Waals surface area contributed by atoms with Gasteiger partial charge < -0.3 is 14.8 Å². The van der Waals surface area contributed by atoms with Gasteiger partial charge in [0.1, 0.15) is 0 Å². The van der Waals surface area contributed by atoms with Gasteiger partial charge in [0.2, 0.25) is 10.0 Å². The van der Waals surface area contributed by atoms with E-state index in [0.717, 1.165) is 21.6 Å². The van der Waals surface area contributed by atoms with Gasteiger partial charge in [-0.15, -0.1) is 11.3 Å². The van der Waals surface area contributed by atoms with E-state index in [1.807, 2.05) is 29.8 Å². The van der Waals surface area contributed by atoms with Gasteiger partial charge in [-0.25, -0.2) is 18.1 Å². The molecule has 0 amide bonds. The van der Waals surface area contributed by atoms with Gasteiger partial charge in [0.05, 0.1) is 46.0 Å². The Morgan fingerprint density at radius 3 is 2.77 bits per heavy atom. The average Bonchev–Trinajstić information content (AvgIpc) is 3.24. The van der Waals surface area contributed by atoms with Crippen molar-refractivity contribution < 1.29 is 17.9 Å². The first kappa shape index (κ1) is 21.6. The number of thiazole rings is 1. The van der Waals surface area contributed by atoms with Crippen LogP contribution in [0.3, 0.4) is 0 Å². The summed E-state index contributed by atoms with van der Waals surface area (Å²) in [6.45, 7) is 1.33. The van der Waals surface area contributed by atoms with Crippen LogP contribution in [0.15, 0.2) is 59.1 Å². The molecule has 162 valence electrons. The molecule has 0 aliphatic heterocycles. The largest absolute Gasteiger partial charge is 0.382 e. The van der Waals surface area contributed by atoms with Crippen molar-refractivity contribution in [2.75, 3.05) is 38.8 Å². The number of anilines is 2. The van der Waals surface area contributed by atoms with Crippen LogP contribution in [-0.2, 0) is 19.5 Å². The molecule has 0 atom stereocenters. The fourth-order valence-electron chi connectivity index (χ4n) is 3.07. The summed E-state index contributed by atoms with van der Waals surface area (Å²) in [6.07, 6.45) is 1.69. The van der Waals surface area contributed by atoms with Gasteiger partial charge in [-0.1, -0.05) is 0 Å². The van der Waals surface area contributed by atoms with Crippen molar-refractivity contribution in [1.82, 2.24) is 14.7 Å². The molecule has 2 aromatic heterocycles. The minimum Gasteiger partial charge on any atom is -0.382 e. The van der Waals surface area contributed by atoms with Crippen LogP contribution in [0.25, 0.3) is 21.1 Å². The number of nitrogens with one attached hydrogen (secondary N) is 2. The summed E-state index contributed by atoms with van der Waals surface area (Å²) in [4.78, 5) is 8.87. The molecule has 4 rings (SSSR count). The van der Waals surface area contributed by atoms with Crippen molar-refractivity contribution in [2.24, 2.45) is 0 Å². The van der Waals surface area contributed by atoms with Crippen LogP contribution in [0, 0.1) is 0 Å². The topological polar surface area (TPSA) is 102 Å². The second-order valence-electron chi connectivity index (χ2n) is 6.70. The third kappa shape index (κ3) is 5.17. The minimum absolute atomic E-state index is 0.169. The van der Waals surface area contributed by atoms with Crippen molar-refractivity contribution in [2.45, 2.75) is 4.90 Å². The standard InChI is InChI=1S/C21H22N4O4S2/c1-28-10-11-29-9-8-24-31(26,27)16-3-4-18-17(13-16)19(6-7-22-18)25-15-2-5-21-20(12-15)23-14-30-21/h2-7,12-14,24H,8-11H2,1H3,(H,22,25). The van der Waals surface area contributed by atoms with Crippen LogP contribution in [0.2, 0.25) is 0 Å². The maximum absolute atomic E-state index is 12.7. The van der Waals surface area contributed by atoms with Crippen molar-refractivity contribution in [1.29, 1.82) is 0 Å². The molecule has 10 heteroatoms. The summed E-state index contributed by atoms with van der Waals surface area (Å²) in [5, 5.41) is 4.07. The maximum Gasteiger partial charge on any atom is 0.240 e. The predicted molar refractivity (Wildman–Crippen MR) is 123 cm³/mol. The van der Waals surface area contributed by atoms with Gasteiger partial charge in [-0.3, -0.25) is 4.98 Å². The molecule has 0 saturated heterocycles. The van der Waals surface area contributed by atoms with Crippen LogP contribution in [-0.4, -0.2) is 51.9 Å². The molecule has 0 unspecified atom stereocenters. The Balaban J connectivity index is 1.55. The molecule has 2 aromatic carbocycles. The molecule has 2 N–H and O–H groups in total. The fourth-order valence-corrected chi connectivity index (χ4v) is 4.77. The summed E-state index contributed by atoms with van der Waals surface area (Å²) < 4.78 is 39.3. The Morgan fingerprint density at radius 1 is 1.00 bits per heavy atom. The number of sulfonamides is 1. The molecule has 0 radical (unpaired) electrons. The van der Waals surface area contributed by atoms with Gasteiger partial charge >= 0.3 is 0 Å². The quantitative estimate of drug-likeness (QED) is 0.351. The molecule has 0 aliphatic rings. The van der Waals surface area contributed by atoms with Gasteiger partial charge in [0.15, 0.2) is 0 Å². The summed E-state index contributed by atoms with van der Waals surface area (Å²) in [6, 6.07) is 12.6. The van der Waals surface area contributed by atoms with Gasteiger partial charge in [0, 0.05) is 36.6 Å². The van der Waals surface area contributed by atoms with Gasteiger partial charge in [-0.05, 0) is 42.5 Å². The number of pyridine rings is 1. The molecule has 0 aliphatic carbocycles. The molecular weight excluding hydrogens is 436 g/mol. The maximum atomic E-state index is 12.7. The molecule has 4 aromatic rings. The fraction of sp³-hybridized carbons (Fsp3) is 0.238. The SMILES string of the molecule is COCCOCCNS(=O)(=O)c1ccc2nccc(Nc3ccc4scnc4c3)c2c1. The molecule has 0 bridgehead atoms. The lowest BCUT2D eigenvalue weighted by molar-refractivity contribution is 0.0736. The number of benzene rings is 2. The number of ether oxygens (including phenoxy) is 2. The first-order valence-electron chi connectivity index (χ1n) is 9.62. The van der Waals surface area contributed by atoms with E-state index in [1.165, 1.54) is 0 Å². The monoisotopic (exact) mass is 458 g/mol. The highest BCUT2D eigenvalue weighted by atomic mass is 32.2. The van der Waals surface area contributed by atoms with E-state index in [2.05, 4.69) is 20.0 Å². The lowest BCUT2D eigenvalue weighted by Crippen LogP contribution is -2.27. The van der Waals surface area contributed by atoms with Crippen LogP contribution in [0.4, 0.5) is 11.4 Å². The molecule has 0 fully saturated rings. The second kappa shape index (κ2) is 9.67. The van der Waals surface area contributed by atoms with Crippen molar-refractivity contribution in [3.05, 3.63) is 54.2 Å². The van der Waals surface area contributed by atoms with Crippen LogP contribution >= 0.6 is 11.3 Å². The predicted octanol–water partition coefficient (Wildman–Crippen LogP) is 3.53. The summed E-state index contributed by atoms with van der Waals surface area (Å²) in [7, 11) is -2.10. The molecule has 8 nitrogen and oxygen atoms in total. The van der Waals surface area contributed by atoms with E-state index in [1.54, 1.807) is 42.8 Å². The van der Waals surface area contributed by atoms with E-state index in [9.17, 15) is 8.42 Å². The van der Waals surface area contributed by atoms with Crippen LogP contribution in [0.1, 0.15) is 0 Å². The minimum atomic E-state index is -3.68. The average molecular weight is 459 g/mol. The normalized spacial score (nSPS) is 11.9. The van der Waals surface area contributed by atoms with E-state index < -0.39 is 10.0 Å². The van der Waals surface area contributed by atoms with E-state index in [-0.39, 0.29) is 18.0 Å². The number of rotatable bonds is 10. The second-order valence-corrected chi connectivity index (χ2v) is 9.35. The number of methoxy groups -OCH3 is 1. The Kier molecular flexibility index (Phi) is 6.73. The number of fused-ring (bicyclic) bond motifs is 2. The first-order valence-corrected chi connectivity index (χ1v) is 12.0. The zero-order valence-electron chi connectivity index (χ0n) is 16.9. The van der Waals surface area contributed by atoms with Gasteiger partial charge in [0.25, 0.3) is 0 Å². The van der Waals surface area contributed by atoms with Gasteiger partial charge in [-0.2, -0.15) is 0 Å². The number of hydrogen-bond donors (Lipinski definition) is 2. The van der Waals surface area contributed by atoms with E-state index >= 15 is 0 Å². The molecule has 31 heavy (non-hydrogen) atoms. The van der Waals surface area contributed by atoms with Crippen LogP contribution < -0.4 is 10.0 Å². The lowest BCUT2D eigenvalue weighted by Gasteiger charge is -2.12. The Labute approximate surface area is 184 Å². The highest BCUT2D eigenvalue weighted by Gasteiger charge is 2.15. The highest BCUT2D eigenvalue weighted by molar-refractivity contribution is 7.89. The number of hydrogen-bond acceptors (Lipinski definition) is 8. The van der Waals surface area contributed by atoms with Crippen LogP contribution in [0.5, 0.6) is 0 Å². The number of aromatic nitrogens is 2. The third-order valence-electron chi connectivity index (χ3n) is 4.60. The Hall–Kier alpha value is -2.63. The zero-order valence-corrected chi connectivity index (χ0v) is 18.5. The zero-order chi connectivity index (χ0) is 21.7. The van der Waals surface area contributed by atoms with E-state index in [4.69, 9.17) is 9.47 Å². The molecule has 2 heterocycles. The lowest BCUT2D eigenvalue weighted by atomic mass is 10.2. The van der Waals surface area contributed by atoms with E-state index in [0.29, 0.717) is 24.1 Å². The Morgan fingerprint density at radius 2 is 1.90 bits per heavy atom. The Bertz CT molecular complexity index is 1290. The smallest absolute Gasteiger partial charge is 0.240 e. The summed E-state index contributed by atoms with van der Waals surface area (Å²) >= 11 is 1.58. The third-order valence-corrected chi connectivity index (χ3v) is 6.87. The highest BCUT2D eigenvalue weighted by Crippen LogP contribution is 2.29. The van der Waals surface area contributed by atoms with Crippen molar-refractivity contribution in [3.63, 3.8) is 0 Å². The summed E-state index contributed by atoms with van der Waals surface area (Å²) in [5.41, 5.74) is 5.04. The molecular formula is C21H22N4O4S2. The van der Waals surface area contributed by atoms with Crippen molar-refractivity contribution >= 4 is 53.9 Å². The first-order chi connectivity index (χ1) is 15.1. The summed E-state index contributed by atoms with van der Waals surface area (Å²) in [5.74, 6) is 0. The molecule has 0 spiro atoms. The van der Waals surface area contributed by atoms with Crippen molar-refractivity contribution in [3.8, 4) is 0 Å².